The summed E-state index contributed by atoms with van der Waals surface area (Å²) < 4.78 is 14.1. The lowest BCUT2D eigenvalue weighted by Crippen LogP contribution is -3.00. The molecule has 0 atom stereocenters. The molecule has 2 rings (SSSR count). The summed E-state index contributed by atoms with van der Waals surface area (Å²) >= 11 is 0. The van der Waals surface area contributed by atoms with Crippen LogP contribution in [0.15, 0.2) is 49.1 Å². The number of aromatic nitrogens is 2. The highest BCUT2D eigenvalue weighted by Gasteiger charge is 2.10. The monoisotopic (exact) mass is 630 g/mol. The molecule has 0 saturated heterocycles. The van der Waals surface area contributed by atoms with Crippen LogP contribution >= 0.6 is 0 Å². The van der Waals surface area contributed by atoms with Crippen LogP contribution in [-0.4, -0.2) is 37.0 Å². The zero-order valence-corrected chi connectivity index (χ0v) is 23.5. The number of carbonyl (C=O) groups excluding carboxylic acids is 4. The van der Waals surface area contributed by atoms with Gasteiger partial charge in [0.1, 0.15) is 12.8 Å². The third-order valence-corrected chi connectivity index (χ3v) is 4.64. The smallest absolute Gasteiger partial charge is 0.312 e. The van der Waals surface area contributed by atoms with Crippen molar-refractivity contribution >= 4 is 35.1 Å². The second kappa shape index (κ2) is 18.4. The lowest BCUT2D eigenvalue weighted by Gasteiger charge is -2.06. The fraction of sp³-hybridized carbons (Fsp3) is 0.417. The Kier molecular flexibility index (Phi) is 17.0. The first-order chi connectivity index (χ1) is 16.3. The minimum Gasteiger partial charge on any atom is -1.00 e. The first-order valence-electron chi connectivity index (χ1n) is 11.2. The highest BCUT2D eigenvalue weighted by molar-refractivity contribution is 5.88. The van der Waals surface area contributed by atoms with Crippen LogP contribution in [-0.2, 0) is 41.7 Å². The summed E-state index contributed by atoms with van der Waals surface area (Å²) in [6.45, 7) is 4.39. The van der Waals surface area contributed by atoms with E-state index in [0.717, 1.165) is 0 Å². The molecule has 2 amide bonds. The topological polar surface area (TPSA) is 119 Å². The van der Waals surface area contributed by atoms with Gasteiger partial charge in [-0.05, 0) is 12.8 Å². The summed E-state index contributed by atoms with van der Waals surface area (Å²) in [5, 5.41) is 5.36. The van der Waals surface area contributed by atoms with Crippen LogP contribution in [0.1, 0.15) is 39.5 Å². The Bertz CT molecular complexity index is 892. The van der Waals surface area contributed by atoms with Crippen LogP contribution in [0.2, 0.25) is 0 Å². The number of hydrogen-bond donors (Lipinski definition) is 2. The number of nitrogens with one attached hydrogen (secondary N) is 2. The number of pyridine rings is 2. The summed E-state index contributed by atoms with van der Waals surface area (Å²) in [7, 11) is 0. The van der Waals surface area contributed by atoms with Gasteiger partial charge in [-0.1, -0.05) is 0 Å². The maximum absolute atomic E-state index is 11.9. The van der Waals surface area contributed by atoms with Crippen molar-refractivity contribution in [3.63, 3.8) is 0 Å². The summed E-state index contributed by atoms with van der Waals surface area (Å²) in [6.07, 6.45) is 8.83. The maximum atomic E-state index is 11.9. The molecular weight excluding hydrogens is 600 g/mol. The van der Waals surface area contributed by atoms with Crippen molar-refractivity contribution in [2.24, 2.45) is 0 Å². The van der Waals surface area contributed by atoms with Crippen molar-refractivity contribution in [1.29, 1.82) is 0 Å². The molecule has 0 bridgehead atoms. The van der Waals surface area contributed by atoms with Gasteiger partial charge in [-0.15, -0.1) is 0 Å². The van der Waals surface area contributed by atoms with Gasteiger partial charge in [0.25, 0.3) is 0 Å². The van der Waals surface area contributed by atoms with Gasteiger partial charge in [-0.25, -0.2) is 9.13 Å². The van der Waals surface area contributed by atoms with Crippen LogP contribution in [0.3, 0.4) is 0 Å². The molecule has 10 nitrogen and oxygen atoms in total. The number of hydrogen-bond acceptors (Lipinski definition) is 6. The van der Waals surface area contributed by atoms with Gasteiger partial charge in [0.15, 0.2) is 37.9 Å². The molecule has 0 aliphatic heterocycles. The van der Waals surface area contributed by atoms with Crippen molar-refractivity contribution in [2.45, 2.75) is 52.6 Å². The predicted octanol–water partition coefficient (Wildman–Crippen LogP) is -4.47. The van der Waals surface area contributed by atoms with Crippen LogP contribution in [0.4, 0.5) is 11.4 Å². The number of carbonyl (C=O) groups is 4. The molecule has 198 valence electrons. The summed E-state index contributed by atoms with van der Waals surface area (Å²) in [5.74, 6) is -0.864. The van der Waals surface area contributed by atoms with Gasteiger partial charge < -0.3 is 54.1 Å². The molecule has 0 radical (unpaired) electrons. The van der Waals surface area contributed by atoms with Crippen molar-refractivity contribution in [3.05, 3.63) is 49.1 Å². The van der Waals surface area contributed by atoms with Crippen molar-refractivity contribution in [2.75, 3.05) is 23.8 Å². The van der Waals surface area contributed by atoms with Crippen LogP contribution in [0, 0.1) is 0 Å². The number of aryl methyl sites for hydroxylation is 2. The Morgan fingerprint density at radius 3 is 1.31 bits per heavy atom. The minimum atomic E-state index is -0.294. The molecule has 0 saturated carbocycles. The molecule has 2 N–H and O–H groups in total. The minimum absolute atomic E-state index is 0. The first kappa shape index (κ1) is 33.1. The Hall–Kier alpha value is -2.86. The Labute approximate surface area is 231 Å². The summed E-state index contributed by atoms with van der Waals surface area (Å²) in [6, 6.07) is 7.04. The lowest BCUT2D eigenvalue weighted by atomic mass is 10.3. The number of ether oxygens (including phenoxy) is 2. The average Bonchev–Trinajstić information content (AvgIpc) is 2.79. The van der Waals surface area contributed by atoms with Gasteiger partial charge in [-0.2, -0.15) is 0 Å². The third-order valence-electron chi connectivity index (χ3n) is 4.64. The van der Waals surface area contributed by atoms with Crippen molar-refractivity contribution in [3.8, 4) is 0 Å². The molecule has 0 aliphatic carbocycles. The number of amides is 2. The normalized spacial score (nSPS) is 9.72. The van der Waals surface area contributed by atoms with E-state index < -0.39 is 0 Å². The predicted molar refractivity (Wildman–Crippen MR) is 122 cm³/mol. The van der Waals surface area contributed by atoms with Gasteiger partial charge >= 0.3 is 11.9 Å². The number of anilines is 2. The van der Waals surface area contributed by atoms with Crippen molar-refractivity contribution < 1.29 is 71.7 Å². The molecule has 0 unspecified atom stereocenters. The van der Waals surface area contributed by atoms with Crippen LogP contribution in [0.5, 0.6) is 0 Å². The zero-order valence-electron chi connectivity index (χ0n) is 20.4. The van der Waals surface area contributed by atoms with E-state index in [-0.39, 0.29) is 83.8 Å². The molecule has 0 fully saturated rings. The number of rotatable bonds is 13. The molecule has 2 heterocycles. The fourth-order valence-corrected chi connectivity index (χ4v) is 2.95. The molecule has 0 aromatic carbocycles. The number of esters is 2. The number of halogens is 2. The van der Waals surface area contributed by atoms with Crippen LogP contribution in [0.25, 0.3) is 0 Å². The fourth-order valence-electron chi connectivity index (χ4n) is 2.95. The Morgan fingerprint density at radius 1 is 0.667 bits per heavy atom. The van der Waals surface area contributed by atoms with Gasteiger partial charge in [0, 0.05) is 38.1 Å². The second-order valence-electron chi connectivity index (χ2n) is 7.66. The van der Waals surface area contributed by atoms with Gasteiger partial charge in [0.2, 0.25) is 11.8 Å². The van der Waals surface area contributed by atoms with Gasteiger partial charge in [0.05, 0.1) is 24.6 Å². The van der Waals surface area contributed by atoms with Crippen molar-refractivity contribution in [1.82, 2.24) is 0 Å². The lowest BCUT2D eigenvalue weighted by molar-refractivity contribution is -0.696. The highest BCUT2D eigenvalue weighted by atomic mass is 79.9. The number of unbranched alkanes of at least 4 members (excludes halogenated alkanes) is 1. The largest absolute Gasteiger partial charge is 1.00 e. The third kappa shape index (κ3) is 14.5. The number of nitrogens with zero attached hydrogens (tertiary/aromatic N) is 2. The molecule has 0 aliphatic rings. The molecular formula is C24H32Br2N4O6. The maximum Gasteiger partial charge on any atom is 0.312 e. The summed E-state index contributed by atoms with van der Waals surface area (Å²) in [5.41, 5.74) is 1.39. The molecule has 2 aromatic heterocycles. The standard InChI is InChI=1S/C24H30N4O6.2BrH/c1-19(29)25-21-5-11-27(12-6-21)15-9-23(31)33-17-3-4-18-34-24(32)10-16-28-13-7-22(8-14-28)26-20(2)30;;/h5-8,11-14H,3-4,9-10,15-18H2,1-2H3;2*1H. The Morgan fingerprint density at radius 2 is 1.00 bits per heavy atom. The van der Waals surface area contributed by atoms with Crippen LogP contribution < -0.4 is 53.7 Å². The van der Waals surface area contributed by atoms with E-state index in [0.29, 0.717) is 37.3 Å². The molecule has 36 heavy (non-hydrogen) atoms. The van der Waals surface area contributed by atoms with E-state index in [9.17, 15) is 19.2 Å². The van der Waals surface area contributed by atoms with E-state index >= 15 is 0 Å². The Balaban J connectivity index is 0.00000612. The van der Waals surface area contributed by atoms with E-state index in [2.05, 4.69) is 10.6 Å². The SMILES string of the molecule is CC(=O)Nc1cc[n+](CCC(=O)OCCCCOC(=O)CC[n+]2ccc(NC(C)=O)cc2)cc1.[Br-].[Br-]. The average molecular weight is 632 g/mol. The molecule has 0 spiro atoms. The highest BCUT2D eigenvalue weighted by Crippen LogP contribution is 2.03. The quantitative estimate of drug-likeness (QED) is 0.131. The van der Waals surface area contributed by atoms with E-state index in [1.807, 2.05) is 9.13 Å². The first-order valence-corrected chi connectivity index (χ1v) is 11.2. The molecule has 2 aromatic rings. The van der Waals surface area contributed by atoms with E-state index in [1.165, 1.54) is 13.8 Å². The zero-order chi connectivity index (χ0) is 24.8. The van der Waals surface area contributed by atoms with E-state index in [1.54, 1.807) is 49.1 Å². The van der Waals surface area contributed by atoms with E-state index in [4.69, 9.17) is 9.47 Å². The summed E-state index contributed by atoms with van der Waals surface area (Å²) in [4.78, 5) is 45.8. The van der Waals surface area contributed by atoms with Gasteiger partial charge in [-0.3, -0.25) is 19.2 Å². The molecule has 12 heteroatoms. The second-order valence-corrected chi connectivity index (χ2v) is 7.66.